The maximum atomic E-state index is 13.1. The van der Waals surface area contributed by atoms with Crippen LogP contribution >= 0.6 is 11.3 Å². The normalized spacial score (nSPS) is 17.5. The van der Waals surface area contributed by atoms with Crippen LogP contribution in [0.2, 0.25) is 0 Å². The number of hydrogen-bond donors (Lipinski definition) is 1. The molecule has 4 nitrogen and oxygen atoms in total. The van der Waals surface area contributed by atoms with Crippen LogP contribution in [0.5, 0.6) is 0 Å². The summed E-state index contributed by atoms with van der Waals surface area (Å²) < 4.78 is 13.1. The highest BCUT2D eigenvalue weighted by molar-refractivity contribution is 7.10. The summed E-state index contributed by atoms with van der Waals surface area (Å²) in [7, 11) is 0. The third-order valence-corrected chi connectivity index (χ3v) is 5.39. The van der Waals surface area contributed by atoms with Gasteiger partial charge in [-0.05, 0) is 35.6 Å². The Labute approximate surface area is 155 Å². The zero-order valence-electron chi connectivity index (χ0n) is 14.6. The van der Waals surface area contributed by atoms with Gasteiger partial charge in [-0.1, -0.05) is 32.0 Å². The van der Waals surface area contributed by atoms with Crippen molar-refractivity contribution >= 4 is 23.0 Å². The first-order chi connectivity index (χ1) is 12.4. The monoisotopic (exact) mass is 373 g/mol. The van der Waals surface area contributed by atoms with E-state index in [-0.39, 0.29) is 23.1 Å². The lowest BCUT2D eigenvalue weighted by Crippen LogP contribution is -2.33. The molecule has 6 heteroatoms. The molecule has 136 valence electrons. The minimum absolute atomic E-state index is 0.173. The number of benzene rings is 1. The molecule has 1 aliphatic rings. The zero-order valence-corrected chi connectivity index (χ0v) is 15.4. The van der Waals surface area contributed by atoms with Crippen LogP contribution in [0.1, 0.15) is 30.3 Å². The van der Waals surface area contributed by atoms with Crippen LogP contribution in [0.3, 0.4) is 0 Å². The number of aliphatic hydroxyl groups excluding tert-OH is 1. The Hall–Kier alpha value is -2.47. The largest absolute Gasteiger partial charge is 0.503 e. The van der Waals surface area contributed by atoms with Crippen molar-refractivity contribution in [3.63, 3.8) is 0 Å². The van der Waals surface area contributed by atoms with E-state index >= 15 is 0 Å². The molecular weight excluding hydrogens is 353 g/mol. The number of ketones is 1. The molecule has 0 fully saturated rings. The first kappa shape index (κ1) is 18.3. The zero-order chi connectivity index (χ0) is 18.8. The van der Waals surface area contributed by atoms with E-state index in [0.29, 0.717) is 13.0 Å². The molecule has 0 radical (unpaired) electrons. The summed E-state index contributed by atoms with van der Waals surface area (Å²) in [5.74, 6) is -1.85. The van der Waals surface area contributed by atoms with Crippen molar-refractivity contribution in [2.24, 2.45) is 5.92 Å². The fourth-order valence-electron chi connectivity index (χ4n) is 3.09. The van der Waals surface area contributed by atoms with E-state index in [1.165, 1.54) is 28.4 Å². The molecule has 1 N–H and O–H groups in total. The van der Waals surface area contributed by atoms with Gasteiger partial charge in [-0.15, -0.1) is 11.3 Å². The van der Waals surface area contributed by atoms with E-state index in [9.17, 15) is 19.1 Å². The van der Waals surface area contributed by atoms with Gasteiger partial charge in [0.15, 0.2) is 11.5 Å². The number of thiophene rings is 1. The third kappa shape index (κ3) is 3.42. The maximum absolute atomic E-state index is 13.1. The number of hydrogen-bond acceptors (Lipinski definition) is 4. The Balaban J connectivity index is 1.90. The molecule has 0 aliphatic carbocycles. The summed E-state index contributed by atoms with van der Waals surface area (Å²) in [5.41, 5.74) is 1.05. The molecule has 1 amide bonds. The van der Waals surface area contributed by atoms with Gasteiger partial charge in [0.25, 0.3) is 5.91 Å². The Morgan fingerprint density at radius 1 is 1.27 bits per heavy atom. The SMILES string of the molecule is CC(C)C(=O)C1=C(O)C(=O)N(CCc2ccc(F)cc2)C1c1cccs1. The van der Waals surface area contributed by atoms with Gasteiger partial charge in [-0.25, -0.2) is 4.39 Å². The smallest absolute Gasteiger partial charge is 0.290 e. The van der Waals surface area contributed by atoms with Crippen LogP contribution in [0.25, 0.3) is 0 Å². The number of rotatable bonds is 6. The van der Waals surface area contributed by atoms with Gasteiger partial charge in [-0.2, -0.15) is 0 Å². The summed E-state index contributed by atoms with van der Waals surface area (Å²) in [6.07, 6.45) is 0.504. The van der Waals surface area contributed by atoms with Crippen LogP contribution in [-0.2, 0) is 16.0 Å². The Bertz CT molecular complexity index is 840. The predicted molar refractivity (Wildman–Crippen MR) is 98.4 cm³/mol. The summed E-state index contributed by atoms with van der Waals surface area (Å²) in [6.45, 7) is 3.82. The third-order valence-electron chi connectivity index (χ3n) is 4.46. The number of aliphatic hydroxyl groups is 1. The number of halogens is 1. The van der Waals surface area contributed by atoms with Crippen molar-refractivity contribution in [1.29, 1.82) is 0 Å². The number of amides is 1. The van der Waals surface area contributed by atoms with Crippen molar-refractivity contribution in [3.8, 4) is 0 Å². The fourth-order valence-corrected chi connectivity index (χ4v) is 3.94. The highest BCUT2D eigenvalue weighted by atomic mass is 32.1. The lowest BCUT2D eigenvalue weighted by molar-refractivity contribution is -0.129. The second kappa shape index (κ2) is 7.41. The molecule has 2 heterocycles. The molecule has 1 aromatic heterocycles. The molecule has 0 spiro atoms. The van der Waals surface area contributed by atoms with Crippen LogP contribution in [0.4, 0.5) is 4.39 Å². The Morgan fingerprint density at radius 2 is 1.96 bits per heavy atom. The minimum Gasteiger partial charge on any atom is -0.503 e. The molecular formula is C20H20FNO3S. The van der Waals surface area contributed by atoms with Crippen LogP contribution in [0, 0.1) is 11.7 Å². The summed E-state index contributed by atoms with van der Waals surface area (Å²) in [6, 6.07) is 9.24. The van der Waals surface area contributed by atoms with Gasteiger partial charge >= 0.3 is 0 Å². The fraction of sp³-hybridized carbons (Fsp3) is 0.300. The topological polar surface area (TPSA) is 57.6 Å². The van der Waals surface area contributed by atoms with Gasteiger partial charge in [0.1, 0.15) is 5.82 Å². The highest BCUT2D eigenvalue weighted by Crippen LogP contribution is 2.40. The maximum Gasteiger partial charge on any atom is 0.290 e. The predicted octanol–water partition coefficient (Wildman–Crippen LogP) is 4.05. The lowest BCUT2D eigenvalue weighted by Gasteiger charge is -2.26. The van der Waals surface area contributed by atoms with Crippen molar-refractivity contribution < 1.29 is 19.1 Å². The van der Waals surface area contributed by atoms with E-state index < -0.39 is 17.7 Å². The van der Waals surface area contributed by atoms with Crippen molar-refractivity contribution in [2.75, 3.05) is 6.54 Å². The number of carbonyl (C=O) groups excluding carboxylic acids is 2. The molecule has 3 rings (SSSR count). The van der Waals surface area contributed by atoms with E-state index in [1.54, 1.807) is 26.0 Å². The van der Waals surface area contributed by atoms with Gasteiger partial charge in [-0.3, -0.25) is 9.59 Å². The van der Waals surface area contributed by atoms with E-state index in [4.69, 9.17) is 0 Å². The Morgan fingerprint density at radius 3 is 2.54 bits per heavy atom. The van der Waals surface area contributed by atoms with Gasteiger partial charge in [0.2, 0.25) is 0 Å². The van der Waals surface area contributed by atoms with Gasteiger partial charge in [0, 0.05) is 17.3 Å². The van der Waals surface area contributed by atoms with E-state index in [1.807, 2.05) is 17.5 Å². The molecule has 26 heavy (non-hydrogen) atoms. The van der Waals surface area contributed by atoms with Crippen LogP contribution in [-0.4, -0.2) is 28.2 Å². The summed E-state index contributed by atoms with van der Waals surface area (Å²) >= 11 is 1.44. The lowest BCUT2D eigenvalue weighted by atomic mass is 9.94. The second-order valence-electron chi connectivity index (χ2n) is 6.57. The molecule has 1 aromatic carbocycles. The van der Waals surface area contributed by atoms with Crippen LogP contribution in [0.15, 0.2) is 53.1 Å². The summed E-state index contributed by atoms with van der Waals surface area (Å²) in [5, 5.41) is 12.3. The van der Waals surface area contributed by atoms with Crippen LogP contribution < -0.4 is 0 Å². The van der Waals surface area contributed by atoms with Crippen molar-refractivity contribution in [3.05, 3.63) is 69.4 Å². The molecule has 1 atom stereocenters. The van der Waals surface area contributed by atoms with Crippen molar-refractivity contribution in [2.45, 2.75) is 26.3 Å². The molecule has 0 saturated heterocycles. The summed E-state index contributed by atoms with van der Waals surface area (Å²) in [4.78, 5) is 27.6. The first-order valence-corrected chi connectivity index (χ1v) is 9.34. The Kier molecular flexibility index (Phi) is 5.23. The quantitative estimate of drug-likeness (QED) is 0.831. The molecule has 1 aliphatic heterocycles. The van der Waals surface area contributed by atoms with E-state index in [0.717, 1.165) is 10.4 Å². The number of Topliss-reactive ketones (excluding diaryl/α,β-unsaturated/α-hetero) is 1. The number of carbonyl (C=O) groups is 2. The highest BCUT2D eigenvalue weighted by Gasteiger charge is 2.44. The standard InChI is InChI=1S/C20H20FNO3S/c1-12(2)18(23)16-17(15-4-3-11-26-15)22(20(25)19(16)24)10-9-13-5-7-14(21)8-6-13/h3-8,11-12,17,24H,9-10H2,1-2H3. The number of nitrogens with zero attached hydrogens (tertiary/aromatic N) is 1. The molecule has 0 saturated carbocycles. The average Bonchev–Trinajstić information content (AvgIpc) is 3.22. The molecule has 2 aromatic rings. The molecule has 1 unspecified atom stereocenters. The van der Waals surface area contributed by atoms with Crippen molar-refractivity contribution in [1.82, 2.24) is 4.90 Å². The minimum atomic E-state index is -0.571. The van der Waals surface area contributed by atoms with Gasteiger partial charge in [0.05, 0.1) is 11.6 Å². The second-order valence-corrected chi connectivity index (χ2v) is 7.55. The van der Waals surface area contributed by atoms with E-state index in [2.05, 4.69) is 0 Å². The average molecular weight is 373 g/mol. The first-order valence-electron chi connectivity index (χ1n) is 8.46. The van der Waals surface area contributed by atoms with Gasteiger partial charge < -0.3 is 10.0 Å². The molecule has 0 bridgehead atoms.